The fourth-order valence-electron chi connectivity index (χ4n) is 7.23. The largest absolute Gasteiger partial charge is 0.480 e. The number of aliphatic carboxylic acids is 1. The predicted octanol–water partition coefficient (Wildman–Crippen LogP) is -3.30. The molecule has 2 aromatic heterocycles. The Hall–Kier alpha value is -5.57. The van der Waals surface area contributed by atoms with Crippen LogP contribution in [-0.4, -0.2) is 172 Å². The average Bonchev–Trinajstić information content (AvgIpc) is 3.98. The third-order valence-electron chi connectivity index (χ3n) is 11.1. The maximum absolute atomic E-state index is 14.0. The zero-order valence-electron chi connectivity index (χ0n) is 39.2. The molecule has 1 fully saturated rings. The summed E-state index contributed by atoms with van der Waals surface area (Å²) in [5.74, 6) is -8.34. The topological polar surface area (TPSA) is 392 Å². The molecular weight excluding hydrogens is 895 g/mol. The molecule has 15 N–H and O–H groups in total. The van der Waals surface area contributed by atoms with Gasteiger partial charge in [-0.25, -0.2) is 14.8 Å². The zero-order valence-corrected chi connectivity index (χ0v) is 39.2. The minimum Gasteiger partial charge on any atom is -0.480 e. The molecule has 3 rings (SSSR count). The number of carboxylic acids is 1. The van der Waals surface area contributed by atoms with Gasteiger partial charge in [0.2, 0.25) is 41.2 Å². The van der Waals surface area contributed by atoms with Gasteiger partial charge in [-0.2, -0.15) is 0 Å². The minimum atomic E-state index is -2.38. The lowest BCUT2D eigenvalue weighted by Crippen LogP contribution is -2.64. The van der Waals surface area contributed by atoms with Gasteiger partial charge < -0.3 is 82.6 Å². The quantitative estimate of drug-likeness (QED) is 0.0341. The van der Waals surface area contributed by atoms with Crippen molar-refractivity contribution in [2.75, 3.05) is 19.6 Å². The maximum Gasteiger partial charge on any atom is 0.326 e. The van der Waals surface area contributed by atoms with Crippen LogP contribution in [-0.2, 0) is 51.1 Å². The van der Waals surface area contributed by atoms with Crippen LogP contribution in [0.25, 0.3) is 0 Å². The van der Waals surface area contributed by atoms with Crippen molar-refractivity contribution in [2.24, 2.45) is 11.8 Å². The van der Waals surface area contributed by atoms with E-state index in [4.69, 9.17) is 4.74 Å². The lowest BCUT2D eigenvalue weighted by atomic mass is 9.97. The lowest BCUT2D eigenvalue weighted by Gasteiger charge is -2.42. The first-order valence-corrected chi connectivity index (χ1v) is 22.9. The Bertz CT molecular complexity index is 1900. The highest BCUT2D eigenvalue weighted by atomic mass is 16.7. The van der Waals surface area contributed by atoms with Gasteiger partial charge in [-0.15, -0.1) is 0 Å². The van der Waals surface area contributed by atoms with Crippen LogP contribution >= 0.6 is 0 Å². The summed E-state index contributed by atoms with van der Waals surface area (Å²) in [6.45, 7) is 8.18. The number of hydrogen-bond acceptors (Lipinski definition) is 16. The van der Waals surface area contributed by atoms with Crippen molar-refractivity contribution in [1.29, 1.82) is 0 Å². The Morgan fingerprint density at radius 3 is 1.90 bits per heavy atom. The molecule has 1 saturated heterocycles. The van der Waals surface area contributed by atoms with E-state index in [9.17, 15) is 64.2 Å². The van der Waals surface area contributed by atoms with Gasteiger partial charge >= 0.3 is 5.97 Å². The van der Waals surface area contributed by atoms with Gasteiger partial charge in [0.25, 0.3) is 0 Å². The highest BCUT2D eigenvalue weighted by Gasteiger charge is 2.47. The van der Waals surface area contributed by atoms with Gasteiger partial charge in [-0.05, 0) is 50.9 Å². The van der Waals surface area contributed by atoms with Crippen LogP contribution in [0.2, 0.25) is 0 Å². The van der Waals surface area contributed by atoms with Crippen LogP contribution in [0.1, 0.15) is 97.4 Å². The number of aromatic nitrogens is 4. The number of rotatable bonds is 30. The first-order valence-electron chi connectivity index (χ1n) is 22.9. The van der Waals surface area contributed by atoms with Gasteiger partial charge in [-0.1, -0.05) is 27.7 Å². The molecule has 1 aliphatic heterocycles. The molecule has 382 valence electrons. The van der Waals surface area contributed by atoms with E-state index in [2.05, 4.69) is 57.2 Å². The van der Waals surface area contributed by atoms with Crippen molar-refractivity contribution in [3.05, 3.63) is 36.4 Å². The molecule has 2 aromatic rings. The third kappa shape index (κ3) is 19.2. The number of nitrogens with zero attached hydrogens (tertiary/aromatic N) is 2. The van der Waals surface area contributed by atoms with Gasteiger partial charge in [0.15, 0.2) is 6.29 Å². The van der Waals surface area contributed by atoms with Crippen LogP contribution in [0.3, 0.4) is 0 Å². The van der Waals surface area contributed by atoms with Crippen LogP contribution in [0.15, 0.2) is 25.0 Å². The molecule has 1 aliphatic rings. The SMILES string of the molecule is CC(C)CC(NC(=O)C(Cc1cnc[nH]1)NC(=O)C(NC[C@@]1(O)O[C@H](O)[C@H](O)C[C@H]1O)C(C)C)C(=O)NC(C(=O)NC(CCCCNC(=O)CCCC(=O)NCCc1cnc[nH]1)C(=O)O)C(C)O. The highest BCUT2D eigenvalue weighted by molar-refractivity contribution is 5.95. The summed E-state index contributed by atoms with van der Waals surface area (Å²) >= 11 is 0. The van der Waals surface area contributed by atoms with E-state index in [0.29, 0.717) is 31.5 Å². The Labute approximate surface area is 394 Å². The first kappa shape index (κ1) is 56.8. The molecule has 68 heavy (non-hydrogen) atoms. The van der Waals surface area contributed by atoms with Crippen LogP contribution < -0.4 is 37.2 Å². The average molecular weight is 966 g/mol. The predicted molar refractivity (Wildman–Crippen MR) is 240 cm³/mol. The van der Waals surface area contributed by atoms with E-state index in [1.165, 1.54) is 19.4 Å². The van der Waals surface area contributed by atoms with E-state index >= 15 is 0 Å². The summed E-state index contributed by atoms with van der Waals surface area (Å²) in [5.41, 5.74) is 1.32. The molecule has 0 aromatic carbocycles. The van der Waals surface area contributed by atoms with Crippen molar-refractivity contribution < 1.29 is 68.9 Å². The summed E-state index contributed by atoms with van der Waals surface area (Å²) in [6, 6.07) is -6.85. The summed E-state index contributed by atoms with van der Waals surface area (Å²) < 4.78 is 5.05. The van der Waals surface area contributed by atoms with Gasteiger partial charge in [-0.3, -0.25) is 28.8 Å². The second-order valence-corrected chi connectivity index (χ2v) is 17.8. The van der Waals surface area contributed by atoms with Crippen LogP contribution in [0.4, 0.5) is 0 Å². The molecule has 25 nitrogen and oxygen atoms in total. The first-order chi connectivity index (χ1) is 32.1. The number of unbranched alkanes of at least 4 members (excludes halogenated alkanes) is 1. The number of H-pyrrole nitrogens is 2. The lowest BCUT2D eigenvalue weighted by molar-refractivity contribution is -0.358. The fraction of sp³-hybridized carbons (Fsp3) is 0.698. The maximum atomic E-state index is 14.0. The molecule has 10 atom stereocenters. The van der Waals surface area contributed by atoms with Crippen molar-refractivity contribution in [3.8, 4) is 0 Å². The number of aliphatic hydroxyl groups is 5. The number of hydrogen-bond donors (Lipinski definition) is 15. The second-order valence-electron chi connectivity index (χ2n) is 17.8. The number of imidazole rings is 2. The number of carbonyl (C=O) groups excluding carboxylic acids is 6. The molecule has 0 spiro atoms. The normalized spacial score (nSPS) is 20.9. The molecule has 0 saturated carbocycles. The minimum absolute atomic E-state index is 0.0327. The zero-order chi connectivity index (χ0) is 50.6. The number of amides is 6. The third-order valence-corrected chi connectivity index (χ3v) is 11.1. The van der Waals surface area contributed by atoms with Crippen molar-refractivity contribution in [1.82, 2.24) is 57.2 Å². The molecule has 0 bridgehead atoms. The monoisotopic (exact) mass is 966 g/mol. The van der Waals surface area contributed by atoms with E-state index in [1.807, 2.05) is 0 Å². The van der Waals surface area contributed by atoms with Crippen molar-refractivity contribution in [2.45, 2.75) is 159 Å². The smallest absolute Gasteiger partial charge is 0.326 e. The van der Waals surface area contributed by atoms with E-state index in [1.54, 1.807) is 40.2 Å². The Balaban J connectivity index is 1.57. The summed E-state index contributed by atoms with van der Waals surface area (Å²) in [7, 11) is 0. The molecule has 25 heteroatoms. The van der Waals surface area contributed by atoms with Crippen molar-refractivity contribution >= 4 is 41.4 Å². The van der Waals surface area contributed by atoms with E-state index in [-0.39, 0.29) is 62.8 Å². The standard InChI is InChI=1S/C43H71N11O14/c1-23(2)15-29(52-37(60)30(16-27-19-45-22-50-27)53-39(62)35(24(3)4)48-20-43(67)32(57)17-31(56)42(66)68-43)38(61)54-36(25(5)55)40(63)51-28(41(64)65)9-6-7-13-46-33(58)10-8-11-34(59)47-14-12-26-18-44-21-49-26/h18-19,21-25,28-32,35-36,42,48,55-57,66-67H,6-17,20H2,1-5H3,(H,44,49)(H,45,50)(H,46,58)(H,47,59)(H,51,63)(H,52,60)(H,53,62)(H,54,61)(H,64,65)/t25?,28?,29?,30?,31-,32-,35?,36?,42+,43-/m1/s1. The highest BCUT2D eigenvalue weighted by Crippen LogP contribution is 2.26. The van der Waals surface area contributed by atoms with Crippen LogP contribution in [0.5, 0.6) is 0 Å². The fourth-order valence-corrected chi connectivity index (χ4v) is 7.23. The number of carbonyl (C=O) groups is 7. The van der Waals surface area contributed by atoms with Crippen molar-refractivity contribution in [3.63, 3.8) is 0 Å². The number of carboxylic acid groups (broad SMARTS) is 1. The Morgan fingerprint density at radius 1 is 0.750 bits per heavy atom. The number of nitrogens with one attached hydrogen (secondary N) is 9. The van der Waals surface area contributed by atoms with Crippen LogP contribution in [0, 0.1) is 11.8 Å². The van der Waals surface area contributed by atoms with Gasteiger partial charge in [0.05, 0.1) is 31.3 Å². The number of ether oxygens (including phenoxy) is 1. The molecule has 3 heterocycles. The number of aliphatic hydroxyl groups excluding tert-OH is 4. The van der Waals surface area contributed by atoms with E-state index in [0.717, 1.165) is 5.69 Å². The molecule has 0 radical (unpaired) electrons. The molecule has 0 aliphatic carbocycles. The summed E-state index contributed by atoms with van der Waals surface area (Å²) in [6.07, 6.45) is 0.881. The van der Waals surface area contributed by atoms with Gasteiger partial charge in [0, 0.05) is 69.0 Å². The number of aromatic amines is 2. The Morgan fingerprint density at radius 2 is 1.32 bits per heavy atom. The second kappa shape index (κ2) is 28.0. The summed E-state index contributed by atoms with van der Waals surface area (Å²) in [5, 5.41) is 79.9. The molecule has 6 unspecified atom stereocenters. The molecule has 6 amide bonds. The Kier molecular flexibility index (Phi) is 23.4. The van der Waals surface area contributed by atoms with E-state index < -0.39 is 109 Å². The summed E-state index contributed by atoms with van der Waals surface area (Å²) in [4.78, 5) is 105. The molecular formula is C43H71N11O14. The van der Waals surface area contributed by atoms with Gasteiger partial charge in [0.1, 0.15) is 36.4 Å².